The molecule has 0 aromatic carbocycles. The number of aromatic nitrogens is 3. The average Bonchev–Trinajstić information content (AvgIpc) is 2.65. The van der Waals surface area contributed by atoms with Crippen LogP contribution in [0, 0.1) is 6.92 Å². The second-order valence-corrected chi connectivity index (χ2v) is 4.31. The Balaban J connectivity index is 2.39. The number of nitrogens with two attached hydrogens (primary N) is 1. The molecule has 0 aliphatic carbocycles. The maximum absolute atomic E-state index is 5.87. The third-order valence-corrected chi connectivity index (χ3v) is 2.11. The minimum atomic E-state index is -0.606. The Bertz CT molecular complexity index is 499. The summed E-state index contributed by atoms with van der Waals surface area (Å²) >= 11 is 0. The zero-order valence-corrected chi connectivity index (χ0v) is 9.56. The highest BCUT2D eigenvalue weighted by atomic mass is 16.5. The first-order chi connectivity index (χ1) is 7.47. The lowest BCUT2D eigenvalue weighted by molar-refractivity contribution is 0.396. The van der Waals surface area contributed by atoms with Crippen LogP contribution in [0.5, 0.6) is 0 Å². The van der Waals surface area contributed by atoms with E-state index >= 15 is 0 Å². The molecule has 2 N–H and O–H groups in total. The number of hydrogen-bond donors (Lipinski definition) is 1. The zero-order chi connectivity index (χ0) is 11.8. The van der Waals surface area contributed by atoms with Gasteiger partial charge >= 0.3 is 0 Å². The third-order valence-electron chi connectivity index (χ3n) is 2.11. The summed E-state index contributed by atoms with van der Waals surface area (Å²) in [5.74, 6) is 0.878. The molecule has 0 unspecified atom stereocenters. The monoisotopic (exact) mass is 218 g/mol. The second-order valence-electron chi connectivity index (χ2n) is 4.31. The van der Waals surface area contributed by atoms with Gasteiger partial charge in [-0.1, -0.05) is 11.2 Å². The number of pyridine rings is 1. The molecule has 0 aliphatic heterocycles. The van der Waals surface area contributed by atoms with Crippen molar-refractivity contribution in [3.63, 3.8) is 0 Å². The largest absolute Gasteiger partial charge is 0.332 e. The topological polar surface area (TPSA) is 77.8 Å². The van der Waals surface area contributed by atoms with Crippen LogP contribution in [0.1, 0.15) is 25.4 Å². The number of rotatable bonds is 2. The normalized spacial score (nSPS) is 11.8. The molecule has 16 heavy (non-hydrogen) atoms. The van der Waals surface area contributed by atoms with E-state index in [1.54, 1.807) is 0 Å². The lowest BCUT2D eigenvalue weighted by Crippen LogP contribution is -2.30. The molecule has 5 heteroatoms. The summed E-state index contributed by atoms with van der Waals surface area (Å²) in [6, 6.07) is 5.64. The molecule has 0 aliphatic rings. The minimum absolute atomic E-state index is 0.400. The van der Waals surface area contributed by atoms with E-state index < -0.39 is 5.54 Å². The highest BCUT2D eigenvalue weighted by Gasteiger charge is 2.22. The SMILES string of the molecule is Cc1cccc(-c2nc(C(C)(C)N)no2)n1. The summed E-state index contributed by atoms with van der Waals surface area (Å²) in [6.45, 7) is 5.56. The Morgan fingerprint density at radius 3 is 2.56 bits per heavy atom. The van der Waals surface area contributed by atoms with Gasteiger partial charge in [0.1, 0.15) is 5.69 Å². The van der Waals surface area contributed by atoms with Gasteiger partial charge in [0.25, 0.3) is 5.89 Å². The summed E-state index contributed by atoms with van der Waals surface area (Å²) in [6.07, 6.45) is 0. The van der Waals surface area contributed by atoms with Crippen molar-refractivity contribution in [1.82, 2.24) is 15.1 Å². The van der Waals surface area contributed by atoms with Crippen LogP contribution >= 0.6 is 0 Å². The van der Waals surface area contributed by atoms with Crippen molar-refractivity contribution in [2.24, 2.45) is 5.73 Å². The van der Waals surface area contributed by atoms with E-state index in [1.807, 2.05) is 39.0 Å². The lowest BCUT2D eigenvalue weighted by atomic mass is 10.1. The van der Waals surface area contributed by atoms with Crippen molar-refractivity contribution in [3.8, 4) is 11.6 Å². The van der Waals surface area contributed by atoms with E-state index in [4.69, 9.17) is 10.3 Å². The number of hydrogen-bond acceptors (Lipinski definition) is 5. The molecule has 2 heterocycles. The summed E-state index contributed by atoms with van der Waals surface area (Å²) in [5.41, 5.74) is 6.84. The fourth-order valence-corrected chi connectivity index (χ4v) is 1.25. The van der Waals surface area contributed by atoms with E-state index in [9.17, 15) is 0 Å². The summed E-state index contributed by atoms with van der Waals surface area (Å²) in [4.78, 5) is 8.53. The molecule has 84 valence electrons. The first kappa shape index (κ1) is 10.8. The molecule has 0 amide bonds. The third kappa shape index (κ3) is 2.09. The van der Waals surface area contributed by atoms with Crippen LogP contribution in [0.15, 0.2) is 22.7 Å². The molecule has 2 aromatic rings. The van der Waals surface area contributed by atoms with E-state index in [0.29, 0.717) is 17.4 Å². The van der Waals surface area contributed by atoms with Crippen molar-refractivity contribution in [2.45, 2.75) is 26.3 Å². The van der Waals surface area contributed by atoms with Crippen molar-refractivity contribution in [3.05, 3.63) is 29.7 Å². The predicted octanol–water partition coefficient (Wildman–Crippen LogP) is 1.63. The van der Waals surface area contributed by atoms with Crippen LogP contribution in [-0.4, -0.2) is 15.1 Å². The van der Waals surface area contributed by atoms with E-state index in [1.165, 1.54) is 0 Å². The first-order valence-corrected chi connectivity index (χ1v) is 5.04. The van der Waals surface area contributed by atoms with Crippen molar-refractivity contribution < 1.29 is 4.52 Å². The molecule has 2 rings (SSSR count). The van der Waals surface area contributed by atoms with Gasteiger partial charge in [0.2, 0.25) is 0 Å². The second kappa shape index (κ2) is 3.68. The van der Waals surface area contributed by atoms with Crippen LogP contribution in [-0.2, 0) is 5.54 Å². The van der Waals surface area contributed by atoms with Crippen LogP contribution in [0.3, 0.4) is 0 Å². The summed E-state index contributed by atoms with van der Waals surface area (Å²) in [7, 11) is 0. The van der Waals surface area contributed by atoms with Gasteiger partial charge in [-0.15, -0.1) is 0 Å². The van der Waals surface area contributed by atoms with Gasteiger partial charge < -0.3 is 10.3 Å². The van der Waals surface area contributed by atoms with Gasteiger partial charge in [-0.2, -0.15) is 4.98 Å². The Morgan fingerprint density at radius 2 is 2.00 bits per heavy atom. The van der Waals surface area contributed by atoms with Crippen LogP contribution in [0.25, 0.3) is 11.6 Å². The first-order valence-electron chi connectivity index (χ1n) is 5.04. The highest BCUT2D eigenvalue weighted by Crippen LogP contribution is 2.19. The van der Waals surface area contributed by atoms with Crippen molar-refractivity contribution in [1.29, 1.82) is 0 Å². The van der Waals surface area contributed by atoms with Crippen LogP contribution < -0.4 is 5.73 Å². The van der Waals surface area contributed by atoms with Crippen LogP contribution in [0.2, 0.25) is 0 Å². The fourth-order valence-electron chi connectivity index (χ4n) is 1.25. The van der Waals surface area contributed by atoms with Gasteiger partial charge in [0.05, 0.1) is 5.54 Å². The predicted molar refractivity (Wildman–Crippen MR) is 59.5 cm³/mol. The van der Waals surface area contributed by atoms with Crippen LogP contribution in [0.4, 0.5) is 0 Å². The lowest BCUT2D eigenvalue weighted by Gasteiger charge is -2.11. The summed E-state index contributed by atoms with van der Waals surface area (Å²) in [5, 5.41) is 3.84. The van der Waals surface area contributed by atoms with Gasteiger partial charge in [0, 0.05) is 5.69 Å². The molecule has 0 bridgehead atoms. The van der Waals surface area contributed by atoms with Gasteiger partial charge in [-0.05, 0) is 32.9 Å². The molecule has 0 fully saturated rings. The molecular formula is C11H14N4O. The highest BCUT2D eigenvalue weighted by molar-refractivity contribution is 5.46. The van der Waals surface area contributed by atoms with Gasteiger partial charge in [-0.3, -0.25) is 0 Å². The molecule has 0 radical (unpaired) electrons. The Kier molecular flexibility index (Phi) is 2.47. The Morgan fingerprint density at radius 1 is 1.25 bits per heavy atom. The Labute approximate surface area is 93.7 Å². The maximum Gasteiger partial charge on any atom is 0.276 e. The molecule has 0 spiro atoms. The average molecular weight is 218 g/mol. The van der Waals surface area contributed by atoms with E-state index in [-0.39, 0.29) is 0 Å². The number of aryl methyl sites for hydroxylation is 1. The maximum atomic E-state index is 5.87. The molecule has 0 atom stereocenters. The Hall–Kier alpha value is -1.75. The zero-order valence-electron chi connectivity index (χ0n) is 9.56. The van der Waals surface area contributed by atoms with Crippen molar-refractivity contribution >= 4 is 0 Å². The van der Waals surface area contributed by atoms with E-state index in [2.05, 4.69) is 15.1 Å². The molecule has 0 saturated heterocycles. The molecule has 5 nitrogen and oxygen atoms in total. The van der Waals surface area contributed by atoms with Gasteiger partial charge in [-0.25, -0.2) is 4.98 Å². The van der Waals surface area contributed by atoms with Crippen molar-refractivity contribution in [2.75, 3.05) is 0 Å². The smallest absolute Gasteiger partial charge is 0.276 e. The van der Waals surface area contributed by atoms with E-state index in [0.717, 1.165) is 5.69 Å². The molecular weight excluding hydrogens is 204 g/mol. The molecule has 2 aromatic heterocycles. The molecule has 0 saturated carbocycles. The standard InChI is InChI=1S/C11H14N4O/c1-7-5-4-6-8(13-7)9-14-10(15-16-9)11(2,3)12/h4-6H,12H2,1-3H3. The van der Waals surface area contributed by atoms with Gasteiger partial charge in [0.15, 0.2) is 5.82 Å². The fraction of sp³-hybridized carbons (Fsp3) is 0.364. The minimum Gasteiger partial charge on any atom is -0.332 e. The quantitative estimate of drug-likeness (QED) is 0.828. The summed E-state index contributed by atoms with van der Waals surface area (Å²) < 4.78 is 5.13. The number of nitrogens with zero attached hydrogens (tertiary/aromatic N) is 3.